The van der Waals surface area contributed by atoms with Crippen LogP contribution in [0.4, 0.5) is 0 Å². The molecule has 126 valence electrons. The van der Waals surface area contributed by atoms with Gasteiger partial charge < -0.3 is 15.9 Å². The smallest absolute Gasteiger partial charge is 0.326 e. The second-order valence-corrected chi connectivity index (χ2v) is 6.68. The molecule has 1 saturated heterocycles. The Morgan fingerprint density at radius 1 is 1.42 bits per heavy atom. The SMILES string of the molecule is NC(=O)CCC(C(=O)O)N1C(=O)/C(=C/c2cccc(O)c2)SC1=S. The van der Waals surface area contributed by atoms with Gasteiger partial charge in [0, 0.05) is 6.42 Å². The fourth-order valence-electron chi connectivity index (χ4n) is 2.16. The molecule has 1 heterocycles. The molecule has 0 saturated carbocycles. The lowest BCUT2D eigenvalue weighted by Gasteiger charge is -2.22. The predicted octanol–water partition coefficient (Wildman–Crippen LogP) is 1.31. The average Bonchev–Trinajstić information content (AvgIpc) is 2.74. The summed E-state index contributed by atoms with van der Waals surface area (Å²) < 4.78 is 0.100. The van der Waals surface area contributed by atoms with Crippen LogP contribution in [0.1, 0.15) is 18.4 Å². The third kappa shape index (κ3) is 4.12. The molecule has 0 bridgehead atoms. The van der Waals surface area contributed by atoms with Crippen molar-refractivity contribution >= 4 is 52.2 Å². The first-order chi connectivity index (χ1) is 11.3. The molecular formula is C15H14N2O5S2. The van der Waals surface area contributed by atoms with Crippen LogP contribution < -0.4 is 5.73 Å². The molecule has 24 heavy (non-hydrogen) atoms. The molecule has 0 spiro atoms. The summed E-state index contributed by atoms with van der Waals surface area (Å²) in [6.45, 7) is 0. The molecule has 1 aromatic carbocycles. The number of nitrogens with zero attached hydrogens (tertiary/aromatic N) is 1. The Kier molecular flexibility index (Phi) is 5.58. The number of phenols is 1. The third-order valence-corrected chi connectivity index (χ3v) is 4.58. The molecule has 2 rings (SSSR count). The summed E-state index contributed by atoms with van der Waals surface area (Å²) in [6.07, 6.45) is 1.24. The van der Waals surface area contributed by atoms with Crippen molar-refractivity contribution in [3.05, 3.63) is 34.7 Å². The van der Waals surface area contributed by atoms with Crippen LogP contribution in [0.5, 0.6) is 5.75 Å². The van der Waals surface area contributed by atoms with Crippen LogP contribution in [-0.2, 0) is 14.4 Å². The van der Waals surface area contributed by atoms with E-state index in [-0.39, 0.29) is 27.8 Å². The molecule has 1 unspecified atom stereocenters. The standard InChI is InChI=1S/C15H14N2O5S2/c16-12(19)5-4-10(14(21)22)17-13(20)11(24-15(17)23)7-8-2-1-3-9(18)6-8/h1-3,6-7,10,18H,4-5H2,(H2,16,19)(H,21,22)/b11-7-. The number of thioether (sulfide) groups is 1. The number of carboxylic acids is 1. The zero-order chi connectivity index (χ0) is 17.9. The van der Waals surface area contributed by atoms with Crippen molar-refractivity contribution in [1.29, 1.82) is 0 Å². The summed E-state index contributed by atoms with van der Waals surface area (Å²) in [5.74, 6) is -2.41. The molecular weight excluding hydrogens is 352 g/mol. The Morgan fingerprint density at radius 2 is 2.12 bits per heavy atom. The van der Waals surface area contributed by atoms with Crippen LogP contribution in [-0.4, -0.2) is 43.3 Å². The van der Waals surface area contributed by atoms with Gasteiger partial charge in [-0.25, -0.2) is 4.79 Å². The Hall–Kier alpha value is -2.39. The molecule has 1 atom stereocenters. The number of hydrogen-bond donors (Lipinski definition) is 3. The van der Waals surface area contributed by atoms with Crippen molar-refractivity contribution in [3.8, 4) is 5.75 Å². The Labute approximate surface area is 147 Å². The van der Waals surface area contributed by atoms with Crippen molar-refractivity contribution in [2.24, 2.45) is 5.73 Å². The highest BCUT2D eigenvalue weighted by atomic mass is 32.2. The van der Waals surface area contributed by atoms with Gasteiger partial charge in [-0.15, -0.1) is 0 Å². The molecule has 4 N–H and O–H groups in total. The summed E-state index contributed by atoms with van der Waals surface area (Å²) in [6, 6.07) is 5.02. The van der Waals surface area contributed by atoms with E-state index in [9.17, 15) is 24.6 Å². The van der Waals surface area contributed by atoms with Gasteiger partial charge in [-0.05, 0) is 30.2 Å². The van der Waals surface area contributed by atoms with Gasteiger partial charge in [-0.3, -0.25) is 14.5 Å². The molecule has 7 nitrogen and oxygen atoms in total. The number of hydrogen-bond acceptors (Lipinski definition) is 6. The molecule has 2 amide bonds. The number of amides is 2. The highest BCUT2D eigenvalue weighted by Crippen LogP contribution is 2.35. The Bertz CT molecular complexity index is 747. The minimum atomic E-state index is -1.26. The molecule has 0 radical (unpaired) electrons. The number of carbonyl (C=O) groups excluding carboxylic acids is 2. The quantitative estimate of drug-likeness (QED) is 0.513. The van der Waals surface area contributed by atoms with Crippen LogP contribution >= 0.6 is 24.0 Å². The van der Waals surface area contributed by atoms with Crippen molar-refractivity contribution in [1.82, 2.24) is 4.90 Å². The number of thiocarbonyl (C=S) groups is 1. The van der Waals surface area contributed by atoms with Gasteiger partial charge in [0.15, 0.2) is 0 Å². The van der Waals surface area contributed by atoms with Crippen LogP contribution in [0.15, 0.2) is 29.2 Å². The topological polar surface area (TPSA) is 121 Å². The minimum Gasteiger partial charge on any atom is -0.508 e. The Balaban J connectivity index is 2.26. The van der Waals surface area contributed by atoms with Gasteiger partial charge in [0.25, 0.3) is 5.91 Å². The van der Waals surface area contributed by atoms with E-state index in [0.29, 0.717) is 5.56 Å². The van der Waals surface area contributed by atoms with Crippen LogP contribution in [0, 0.1) is 0 Å². The Morgan fingerprint density at radius 3 is 2.71 bits per heavy atom. The van der Waals surface area contributed by atoms with Crippen molar-refractivity contribution in [2.45, 2.75) is 18.9 Å². The molecule has 0 aromatic heterocycles. The number of aromatic hydroxyl groups is 1. The minimum absolute atomic E-state index is 0.0455. The number of primary amides is 1. The van der Waals surface area contributed by atoms with E-state index in [2.05, 4.69) is 0 Å². The lowest BCUT2D eigenvalue weighted by atomic mass is 10.1. The maximum absolute atomic E-state index is 12.5. The largest absolute Gasteiger partial charge is 0.508 e. The van der Waals surface area contributed by atoms with Crippen LogP contribution in [0.2, 0.25) is 0 Å². The van der Waals surface area contributed by atoms with E-state index in [4.69, 9.17) is 18.0 Å². The number of aliphatic carboxylic acids is 1. The molecule has 0 aliphatic carbocycles. The van der Waals surface area contributed by atoms with Gasteiger partial charge in [0.1, 0.15) is 16.1 Å². The van der Waals surface area contributed by atoms with Crippen LogP contribution in [0.25, 0.3) is 6.08 Å². The van der Waals surface area contributed by atoms with Gasteiger partial charge in [0.2, 0.25) is 5.91 Å². The maximum Gasteiger partial charge on any atom is 0.326 e. The van der Waals surface area contributed by atoms with Gasteiger partial charge in [-0.2, -0.15) is 0 Å². The number of rotatable bonds is 6. The summed E-state index contributed by atoms with van der Waals surface area (Å²) in [7, 11) is 0. The van der Waals surface area contributed by atoms with Crippen LogP contribution in [0.3, 0.4) is 0 Å². The van der Waals surface area contributed by atoms with Gasteiger partial charge in [0.05, 0.1) is 4.91 Å². The van der Waals surface area contributed by atoms with Crippen molar-refractivity contribution in [3.63, 3.8) is 0 Å². The number of carboxylic acid groups (broad SMARTS) is 1. The van der Waals surface area contributed by atoms with Gasteiger partial charge >= 0.3 is 5.97 Å². The number of carbonyl (C=O) groups is 3. The number of benzene rings is 1. The maximum atomic E-state index is 12.5. The molecule has 1 fully saturated rings. The lowest BCUT2D eigenvalue weighted by molar-refractivity contribution is -0.145. The van der Waals surface area contributed by atoms with E-state index < -0.39 is 23.8 Å². The normalized spacial score (nSPS) is 17.3. The molecule has 1 aromatic rings. The monoisotopic (exact) mass is 366 g/mol. The van der Waals surface area contributed by atoms with E-state index in [1.54, 1.807) is 12.1 Å². The number of phenolic OH excluding ortho intramolecular Hbond substituents is 1. The van der Waals surface area contributed by atoms with E-state index >= 15 is 0 Å². The van der Waals surface area contributed by atoms with Crippen molar-refractivity contribution in [2.75, 3.05) is 0 Å². The fraction of sp³-hybridized carbons (Fsp3) is 0.200. The first-order valence-electron chi connectivity index (χ1n) is 6.87. The van der Waals surface area contributed by atoms with E-state index in [1.165, 1.54) is 18.2 Å². The summed E-state index contributed by atoms with van der Waals surface area (Å²) in [5.41, 5.74) is 5.63. The highest BCUT2D eigenvalue weighted by molar-refractivity contribution is 8.26. The summed E-state index contributed by atoms with van der Waals surface area (Å²) >= 11 is 6.08. The summed E-state index contributed by atoms with van der Waals surface area (Å²) in [5, 5.41) is 18.8. The lowest BCUT2D eigenvalue weighted by Crippen LogP contribution is -2.44. The second kappa shape index (κ2) is 7.45. The first-order valence-corrected chi connectivity index (χ1v) is 8.09. The molecule has 1 aliphatic heterocycles. The average molecular weight is 366 g/mol. The summed E-state index contributed by atoms with van der Waals surface area (Å²) in [4.78, 5) is 36.1. The fourth-order valence-corrected chi connectivity index (χ4v) is 3.51. The zero-order valence-corrected chi connectivity index (χ0v) is 14.0. The van der Waals surface area contributed by atoms with E-state index in [1.807, 2.05) is 0 Å². The highest BCUT2D eigenvalue weighted by Gasteiger charge is 2.40. The van der Waals surface area contributed by atoms with E-state index in [0.717, 1.165) is 16.7 Å². The van der Waals surface area contributed by atoms with Gasteiger partial charge in [-0.1, -0.05) is 36.1 Å². The molecule has 1 aliphatic rings. The number of nitrogens with two attached hydrogens (primary N) is 1. The third-order valence-electron chi connectivity index (χ3n) is 3.25. The zero-order valence-electron chi connectivity index (χ0n) is 12.3. The predicted molar refractivity (Wildman–Crippen MR) is 93.0 cm³/mol. The first kappa shape index (κ1) is 18.0. The molecule has 9 heteroatoms. The second-order valence-electron chi connectivity index (χ2n) is 5.01. The van der Waals surface area contributed by atoms with Crippen molar-refractivity contribution < 1.29 is 24.6 Å².